The number of carboxylic acid groups (broad SMARTS) is 1. The number of nitrogens with one attached hydrogen (secondary N) is 1. The van der Waals surface area contributed by atoms with Crippen molar-refractivity contribution in [3.05, 3.63) is 22.3 Å². The summed E-state index contributed by atoms with van der Waals surface area (Å²) < 4.78 is 6.02. The van der Waals surface area contributed by atoms with Crippen molar-refractivity contribution >= 4 is 52.9 Å². The third kappa shape index (κ3) is 6.20. The van der Waals surface area contributed by atoms with Crippen LogP contribution in [0, 0.1) is 4.77 Å². The lowest BCUT2D eigenvalue weighted by atomic mass is 10.4. The number of aliphatic carboxylic acids is 1. The van der Waals surface area contributed by atoms with Crippen LogP contribution in [0.4, 0.5) is 0 Å². The van der Waals surface area contributed by atoms with Crippen molar-refractivity contribution in [3.63, 3.8) is 0 Å². The zero-order chi connectivity index (χ0) is 17.2. The molecule has 0 aliphatic carbocycles. The number of carboxylic acids is 1. The molecule has 0 amide bonds. The summed E-state index contributed by atoms with van der Waals surface area (Å²) in [5.41, 5.74) is 0. The Morgan fingerprint density at radius 1 is 1.61 bits per heavy atom. The number of carbonyl (C=O) groups is 2. The van der Waals surface area contributed by atoms with Crippen LogP contribution >= 0.6 is 35.8 Å². The first-order chi connectivity index (χ1) is 11.0. The summed E-state index contributed by atoms with van der Waals surface area (Å²) in [6.07, 6.45) is 0. The summed E-state index contributed by atoms with van der Waals surface area (Å²) in [6.45, 7) is -0.206. The van der Waals surface area contributed by atoms with E-state index in [4.69, 9.17) is 17.3 Å². The molecule has 122 valence electrons. The second-order valence-corrected chi connectivity index (χ2v) is 5.31. The molecule has 2 aromatic heterocycles. The summed E-state index contributed by atoms with van der Waals surface area (Å²) >= 11 is 10.6. The van der Waals surface area contributed by atoms with E-state index >= 15 is 0 Å². The van der Waals surface area contributed by atoms with Gasteiger partial charge < -0.3 is 9.84 Å². The standard InChI is InChI=1S/C8H7N3O2S2.C4H5NO2S/c12-6(13)4-11-7(9-10-8(11)14)5-2-1-3-15-5;1-7-4(6)2-5-3-8/h1-3H,4H2,(H,10,14)(H,12,13);2H2,1H3. The van der Waals surface area contributed by atoms with Crippen LogP contribution in [0.5, 0.6) is 0 Å². The van der Waals surface area contributed by atoms with Crippen molar-refractivity contribution in [3.8, 4) is 10.7 Å². The van der Waals surface area contributed by atoms with Gasteiger partial charge in [-0.05, 0) is 35.9 Å². The molecule has 2 N–H and O–H groups in total. The van der Waals surface area contributed by atoms with E-state index in [1.165, 1.54) is 23.0 Å². The van der Waals surface area contributed by atoms with E-state index in [2.05, 4.69) is 32.1 Å². The van der Waals surface area contributed by atoms with Crippen LogP contribution in [0.15, 0.2) is 22.5 Å². The van der Waals surface area contributed by atoms with Crippen LogP contribution in [-0.4, -0.2) is 50.6 Å². The van der Waals surface area contributed by atoms with Crippen molar-refractivity contribution < 1.29 is 19.4 Å². The van der Waals surface area contributed by atoms with E-state index in [9.17, 15) is 9.59 Å². The van der Waals surface area contributed by atoms with Crippen LogP contribution in [0.1, 0.15) is 0 Å². The number of aromatic amines is 1. The van der Waals surface area contributed by atoms with Gasteiger partial charge in [-0.25, -0.2) is 4.99 Å². The van der Waals surface area contributed by atoms with Gasteiger partial charge in [0, 0.05) is 0 Å². The molecule has 0 spiro atoms. The minimum atomic E-state index is -0.940. The van der Waals surface area contributed by atoms with Gasteiger partial charge in [-0.15, -0.1) is 11.3 Å². The Bertz CT molecular complexity index is 760. The minimum absolute atomic E-state index is 0.0278. The fourth-order valence-electron chi connectivity index (χ4n) is 1.35. The van der Waals surface area contributed by atoms with Gasteiger partial charge in [-0.2, -0.15) is 5.10 Å². The topological polar surface area (TPSA) is 110 Å². The van der Waals surface area contributed by atoms with Gasteiger partial charge in [0.05, 0.1) is 17.1 Å². The Balaban J connectivity index is 0.000000284. The highest BCUT2D eigenvalue weighted by molar-refractivity contribution is 7.78. The summed E-state index contributed by atoms with van der Waals surface area (Å²) in [5.74, 6) is -0.773. The van der Waals surface area contributed by atoms with Crippen molar-refractivity contribution in [1.29, 1.82) is 0 Å². The van der Waals surface area contributed by atoms with Crippen LogP contribution < -0.4 is 0 Å². The summed E-state index contributed by atoms with van der Waals surface area (Å²) in [7, 11) is 1.29. The van der Waals surface area contributed by atoms with E-state index < -0.39 is 11.9 Å². The minimum Gasteiger partial charge on any atom is -0.480 e. The number of isothiocyanates is 1. The Morgan fingerprint density at radius 2 is 2.35 bits per heavy atom. The molecule has 23 heavy (non-hydrogen) atoms. The first-order valence-corrected chi connectivity index (χ1v) is 7.70. The van der Waals surface area contributed by atoms with Crippen LogP contribution in [-0.2, 0) is 20.9 Å². The molecule has 0 aliphatic heterocycles. The molecule has 0 saturated carbocycles. The number of carbonyl (C=O) groups excluding carboxylic acids is 1. The first kappa shape index (κ1) is 18.8. The number of esters is 1. The fraction of sp³-hybridized carbons (Fsp3) is 0.250. The van der Waals surface area contributed by atoms with E-state index in [1.54, 1.807) is 0 Å². The second kappa shape index (κ2) is 9.74. The van der Waals surface area contributed by atoms with Crippen molar-refractivity contribution in [2.45, 2.75) is 6.54 Å². The Labute approximate surface area is 145 Å². The predicted octanol–water partition coefficient (Wildman–Crippen LogP) is 2.02. The summed E-state index contributed by atoms with van der Waals surface area (Å²) in [6, 6.07) is 3.75. The van der Waals surface area contributed by atoms with Gasteiger partial charge >= 0.3 is 11.9 Å². The molecule has 0 radical (unpaired) electrons. The lowest BCUT2D eigenvalue weighted by Crippen LogP contribution is -2.09. The van der Waals surface area contributed by atoms with E-state index in [0.717, 1.165) is 4.88 Å². The quantitative estimate of drug-likeness (QED) is 0.469. The maximum atomic E-state index is 10.6. The molecule has 11 heteroatoms. The summed E-state index contributed by atoms with van der Waals surface area (Å²) in [4.78, 5) is 25.0. The monoisotopic (exact) mass is 372 g/mol. The zero-order valence-electron chi connectivity index (χ0n) is 11.9. The largest absolute Gasteiger partial charge is 0.480 e. The average Bonchev–Trinajstić information content (AvgIpc) is 3.16. The molecule has 8 nitrogen and oxygen atoms in total. The van der Waals surface area contributed by atoms with Gasteiger partial charge in [0.15, 0.2) is 10.6 Å². The van der Waals surface area contributed by atoms with Crippen molar-refractivity contribution in [2.75, 3.05) is 13.7 Å². The number of thiophene rings is 1. The molecular weight excluding hydrogens is 360 g/mol. The number of aromatic nitrogens is 3. The molecule has 0 aromatic carbocycles. The number of thiocarbonyl (C=S) groups is 1. The number of rotatable bonds is 5. The molecule has 0 aliphatic rings. The Morgan fingerprint density at radius 3 is 2.87 bits per heavy atom. The lowest BCUT2D eigenvalue weighted by Gasteiger charge is -2.00. The summed E-state index contributed by atoms with van der Waals surface area (Å²) in [5, 5.41) is 19.3. The van der Waals surface area contributed by atoms with E-state index in [1.807, 2.05) is 22.7 Å². The number of nitrogens with zero attached hydrogens (tertiary/aromatic N) is 3. The second-order valence-electron chi connectivity index (χ2n) is 3.79. The lowest BCUT2D eigenvalue weighted by molar-refractivity contribution is -0.139. The fourth-order valence-corrected chi connectivity index (χ4v) is 2.34. The van der Waals surface area contributed by atoms with E-state index in [-0.39, 0.29) is 13.1 Å². The Hall–Kier alpha value is -2.20. The third-order valence-electron chi connectivity index (χ3n) is 2.29. The van der Waals surface area contributed by atoms with Crippen molar-refractivity contribution in [2.24, 2.45) is 4.99 Å². The Kier molecular flexibility index (Phi) is 7.98. The maximum absolute atomic E-state index is 10.6. The highest BCUT2D eigenvalue weighted by atomic mass is 32.1. The molecule has 2 rings (SSSR count). The molecule has 0 bridgehead atoms. The van der Waals surface area contributed by atoms with Crippen LogP contribution in [0.3, 0.4) is 0 Å². The zero-order valence-corrected chi connectivity index (χ0v) is 14.3. The molecule has 0 fully saturated rings. The SMILES string of the molecule is COC(=O)CN=C=S.O=C(O)Cn1c(-c2cccs2)n[nH]c1=S. The highest BCUT2D eigenvalue weighted by Gasteiger charge is 2.11. The number of methoxy groups -OCH3 is 1. The number of H-pyrrole nitrogens is 1. The number of hydrogen-bond acceptors (Lipinski definition) is 8. The van der Waals surface area contributed by atoms with Gasteiger partial charge in [0.1, 0.15) is 13.1 Å². The first-order valence-electron chi connectivity index (χ1n) is 6.01. The van der Waals surface area contributed by atoms with Gasteiger partial charge in [0.25, 0.3) is 0 Å². The van der Waals surface area contributed by atoms with E-state index in [0.29, 0.717) is 10.6 Å². The molecule has 2 aromatic rings. The van der Waals surface area contributed by atoms with Crippen molar-refractivity contribution in [1.82, 2.24) is 14.8 Å². The smallest absolute Gasteiger partial charge is 0.328 e. The third-order valence-corrected chi connectivity index (χ3v) is 3.60. The number of hydrogen-bond donors (Lipinski definition) is 2. The number of ether oxygens (including phenoxy) is 1. The maximum Gasteiger partial charge on any atom is 0.328 e. The van der Waals surface area contributed by atoms with Gasteiger partial charge in [0.2, 0.25) is 0 Å². The molecule has 0 unspecified atom stereocenters. The van der Waals surface area contributed by atoms with Crippen LogP contribution in [0.2, 0.25) is 0 Å². The highest BCUT2D eigenvalue weighted by Crippen LogP contribution is 2.22. The van der Waals surface area contributed by atoms with Gasteiger partial charge in [-0.3, -0.25) is 19.3 Å². The predicted molar refractivity (Wildman–Crippen MR) is 90.3 cm³/mol. The van der Waals surface area contributed by atoms with Crippen LogP contribution in [0.25, 0.3) is 10.7 Å². The number of aliphatic imine (C=N–C) groups is 1. The normalized spacial score (nSPS) is 9.26. The average molecular weight is 372 g/mol. The molecule has 2 heterocycles. The molecule has 0 atom stereocenters. The van der Waals surface area contributed by atoms with Gasteiger partial charge in [-0.1, -0.05) is 6.07 Å². The molecule has 0 saturated heterocycles. The molecular formula is C12H12N4O4S3.